The van der Waals surface area contributed by atoms with Gasteiger partial charge in [0.25, 0.3) is 0 Å². The zero-order chi connectivity index (χ0) is 19.8. The van der Waals surface area contributed by atoms with E-state index in [0.29, 0.717) is 11.8 Å². The Balaban J connectivity index is 2.00. The van der Waals surface area contributed by atoms with Crippen LogP contribution in [0.1, 0.15) is 31.2 Å². The highest BCUT2D eigenvalue weighted by Crippen LogP contribution is 2.26. The van der Waals surface area contributed by atoms with Crippen molar-refractivity contribution >= 4 is 23.9 Å². The zero-order valence-electron chi connectivity index (χ0n) is 14.5. The van der Waals surface area contributed by atoms with Crippen LogP contribution in [0.25, 0.3) is 5.53 Å². The van der Waals surface area contributed by atoms with Crippen LogP contribution in [0.4, 0.5) is 4.39 Å². The van der Waals surface area contributed by atoms with Gasteiger partial charge in [-0.05, 0) is 37.0 Å². The topological polar surface area (TPSA) is 129 Å². The number of ketones is 1. The third-order valence-corrected chi connectivity index (χ3v) is 4.00. The third-order valence-electron chi connectivity index (χ3n) is 4.00. The van der Waals surface area contributed by atoms with E-state index in [4.69, 9.17) is 10.3 Å². The molecule has 0 heterocycles. The molecule has 144 valence electrons. The number of aliphatic carboxylic acids is 1. The summed E-state index contributed by atoms with van der Waals surface area (Å²) in [6.07, 6.45) is 1.17. The number of hydrogen-bond acceptors (Lipinski definition) is 4. The molecule has 27 heavy (non-hydrogen) atoms. The van der Waals surface area contributed by atoms with Gasteiger partial charge in [0, 0.05) is 12.8 Å². The van der Waals surface area contributed by atoms with Crippen molar-refractivity contribution in [1.29, 1.82) is 0 Å². The van der Waals surface area contributed by atoms with Crippen LogP contribution in [0.5, 0.6) is 0 Å². The van der Waals surface area contributed by atoms with Gasteiger partial charge < -0.3 is 20.7 Å². The minimum atomic E-state index is -1.29. The van der Waals surface area contributed by atoms with E-state index >= 15 is 0 Å². The second-order valence-electron chi connectivity index (χ2n) is 6.30. The van der Waals surface area contributed by atoms with Gasteiger partial charge in [-0.25, -0.2) is 9.18 Å². The number of carbonyl (C=O) groups is 3. The molecule has 1 aromatic rings. The van der Waals surface area contributed by atoms with Crippen molar-refractivity contribution in [3.05, 3.63) is 41.2 Å². The van der Waals surface area contributed by atoms with E-state index in [9.17, 15) is 23.9 Å². The molecular weight excluding hydrogens is 357 g/mol. The minimum Gasteiger partial charge on any atom is -0.480 e. The summed E-state index contributed by atoms with van der Waals surface area (Å²) in [5, 5.41) is 11.7. The average Bonchev–Trinajstić information content (AvgIpc) is 3.43. The summed E-state index contributed by atoms with van der Waals surface area (Å²) < 4.78 is 18.7. The Morgan fingerprint density at radius 3 is 2.56 bits per heavy atom. The Hall–Kier alpha value is -2.90. The van der Waals surface area contributed by atoms with Gasteiger partial charge in [0.2, 0.25) is 11.7 Å². The number of carbonyl (C=O) groups excluding carboxylic acids is 2. The maximum atomic E-state index is 13.0. The molecule has 0 saturated heterocycles. The summed E-state index contributed by atoms with van der Waals surface area (Å²) in [7, 11) is 0. The molecule has 1 amide bonds. The van der Waals surface area contributed by atoms with Crippen LogP contribution in [-0.2, 0) is 25.5 Å². The van der Waals surface area contributed by atoms with Crippen LogP contribution in [0.3, 0.4) is 0 Å². The van der Waals surface area contributed by atoms with E-state index in [-0.39, 0.29) is 25.4 Å². The average molecular weight is 377 g/mol. The fourth-order valence-corrected chi connectivity index (χ4v) is 2.41. The van der Waals surface area contributed by atoms with Gasteiger partial charge in [-0.2, -0.15) is 4.79 Å². The van der Waals surface area contributed by atoms with Gasteiger partial charge in [-0.15, -0.1) is 0 Å². The van der Waals surface area contributed by atoms with Crippen molar-refractivity contribution in [3.63, 3.8) is 0 Å². The number of Topliss-reactive ketones (excluding diaryl/α,β-unsaturated/α-hetero) is 1. The lowest BCUT2D eigenvalue weighted by Gasteiger charge is -2.20. The number of amides is 1. The lowest BCUT2D eigenvalue weighted by molar-refractivity contribution is -0.145. The summed E-state index contributed by atoms with van der Waals surface area (Å²) in [5.41, 5.74) is 8.98. The van der Waals surface area contributed by atoms with Crippen molar-refractivity contribution < 1.29 is 33.4 Å². The molecule has 1 fully saturated rings. The van der Waals surface area contributed by atoms with Gasteiger partial charge in [0.05, 0.1) is 6.10 Å². The van der Waals surface area contributed by atoms with Crippen LogP contribution in [0.15, 0.2) is 24.3 Å². The van der Waals surface area contributed by atoms with E-state index in [1.165, 1.54) is 24.3 Å². The Bertz CT molecular complexity index is 742. The van der Waals surface area contributed by atoms with Gasteiger partial charge in [-0.1, -0.05) is 12.1 Å². The first-order chi connectivity index (χ1) is 12.9. The van der Waals surface area contributed by atoms with Gasteiger partial charge >= 0.3 is 12.2 Å². The summed E-state index contributed by atoms with van der Waals surface area (Å²) in [5.74, 6) is -2.86. The summed E-state index contributed by atoms with van der Waals surface area (Å²) in [4.78, 5) is 37.8. The first-order valence-electron chi connectivity index (χ1n) is 8.52. The highest BCUT2D eigenvalue weighted by molar-refractivity contribution is 6.25. The number of halogens is 1. The van der Waals surface area contributed by atoms with Crippen molar-refractivity contribution in [3.8, 4) is 0 Å². The molecule has 2 N–H and O–H groups in total. The van der Waals surface area contributed by atoms with Crippen LogP contribution < -0.4 is 5.32 Å². The highest BCUT2D eigenvalue weighted by Gasteiger charge is 2.32. The van der Waals surface area contributed by atoms with Crippen molar-refractivity contribution in [2.75, 3.05) is 0 Å². The maximum Gasteiger partial charge on any atom is 0.326 e. The molecule has 2 unspecified atom stereocenters. The van der Waals surface area contributed by atoms with E-state index in [2.05, 4.69) is 10.1 Å². The molecule has 1 aromatic carbocycles. The molecule has 1 aliphatic rings. The lowest BCUT2D eigenvalue weighted by Crippen LogP contribution is -2.47. The molecule has 0 radical (unpaired) electrons. The zero-order valence-corrected chi connectivity index (χ0v) is 14.5. The predicted molar refractivity (Wildman–Crippen MR) is 91.5 cm³/mol. The Morgan fingerprint density at radius 2 is 2.00 bits per heavy atom. The fraction of sp³-hybridized carbons (Fsp3) is 0.444. The Morgan fingerprint density at radius 1 is 1.33 bits per heavy atom. The van der Waals surface area contributed by atoms with Gasteiger partial charge in [0.15, 0.2) is 0 Å². The Labute approximate surface area is 154 Å². The summed E-state index contributed by atoms with van der Waals surface area (Å²) in [6, 6.07) is 4.33. The van der Waals surface area contributed by atoms with Crippen molar-refractivity contribution in [2.45, 2.75) is 50.4 Å². The number of carboxylic acid groups (broad SMARTS) is 1. The second kappa shape index (κ2) is 9.70. The van der Waals surface area contributed by atoms with Crippen LogP contribution >= 0.6 is 0 Å². The number of hydrogen-bond donors (Lipinski definition) is 2. The number of nitrogens with zero attached hydrogens (tertiary/aromatic N) is 2. The molecule has 0 aromatic heterocycles. The van der Waals surface area contributed by atoms with E-state index in [1.54, 1.807) is 0 Å². The first kappa shape index (κ1) is 20.4. The second-order valence-corrected chi connectivity index (χ2v) is 6.30. The van der Waals surface area contributed by atoms with Crippen LogP contribution in [0.2, 0.25) is 0 Å². The first-order valence-corrected chi connectivity index (χ1v) is 8.52. The maximum absolute atomic E-state index is 13.0. The number of rotatable bonds is 11. The van der Waals surface area contributed by atoms with E-state index < -0.39 is 35.6 Å². The van der Waals surface area contributed by atoms with Gasteiger partial charge in [-0.3, -0.25) is 9.59 Å². The molecular formula is C18H20FN3O5. The minimum absolute atomic E-state index is 0.0492. The molecule has 0 spiro atoms. The largest absolute Gasteiger partial charge is 0.480 e. The molecule has 2 atom stereocenters. The predicted octanol–water partition coefficient (Wildman–Crippen LogP) is 1.14. The van der Waals surface area contributed by atoms with Crippen molar-refractivity contribution in [1.82, 2.24) is 5.32 Å². The summed E-state index contributed by atoms with van der Waals surface area (Å²) >= 11 is 0. The van der Waals surface area contributed by atoms with Gasteiger partial charge in [0.1, 0.15) is 18.0 Å². The van der Waals surface area contributed by atoms with Crippen molar-refractivity contribution in [2.24, 2.45) is 0 Å². The molecule has 0 bridgehead atoms. The number of carboxylic acids is 1. The molecule has 1 aliphatic carbocycles. The van der Waals surface area contributed by atoms with Crippen LogP contribution in [-0.4, -0.2) is 52.0 Å². The van der Waals surface area contributed by atoms with Crippen LogP contribution in [0, 0.1) is 5.82 Å². The number of ether oxygens (including phenoxy) is 1. The molecule has 9 heteroatoms. The SMILES string of the molecule is [N-]=[N+]=CC(=O)CCC(NC(=O)C(Cc1ccc(F)cc1)OC1CC1)C(=O)O. The number of nitrogens with one attached hydrogen (secondary N) is 1. The lowest BCUT2D eigenvalue weighted by atomic mass is 10.1. The molecule has 0 aliphatic heterocycles. The normalized spacial score (nSPS) is 15.3. The molecule has 2 rings (SSSR count). The summed E-state index contributed by atoms with van der Waals surface area (Å²) in [6.45, 7) is 0. The third kappa shape index (κ3) is 7.08. The fourth-order valence-electron chi connectivity index (χ4n) is 2.41. The van der Waals surface area contributed by atoms with E-state index in [1.807, 2.05) is 0 Å². The quantitative estimate of drug-likeness (QED) is 0.339. The smallest absolute Gasteiger partial charge is 0.326 e. The Kier molecular flexibility index (Phi) is 7.34. The van der Waals surface area contributed by atoms with E-state index in [0.717, 1.165) is 12.8 Å². The standard InChI is InChI=1S/C18H20FN3O5/c19-12-3-1-11(2-4-12)9-16(27-14-6-7-14)17(24)22-15(18(25)26)8-5-13(23)10-21-20/h1-4,10,14-16H,5-9H2,(H,22,24)(H,25,26). The molecule has 1 saturated carbocycles. The highest BCUT2D eigenvalue weighted by atomic mass is 19.1. The number of benzene rings is 1. The monoisotopic (exact) mass is 377 g/mol. The molecule has 8 nitrogen and oxygen atoms in total.